The van der Waals surface area contributed by atoms with Gasteiger partial charge in [0.15, 0.2) is 0 Å². The van der Waals surface area contributed by atoms with Gasteiger partial charge in [0.05, 0.1) is 0 Å². The molecule has 98 valence electrons. The van der Waals surface area contributed by atoms with Crippen molar-refractivity contribution in [3.8, 4) is 0 Å². The smallest absolute Gasteiger partial charge is 0.0163 e. The van der Waals surface area contributed by atoms with Crippen molar-refractivity contribution in [2.45, 2.75) is 38.5 Å². The summed E-state index contributed by atoms with van der Waals surface area (Å²) in [5.41, 5.74) is 1.46. The third-order valence-corrected chi connectivity index (χ3v) is 3.66. The van der Waals surface area contributed by atoms with E-state index in [1.54, 1.807) is 0 Å². The van der Waals surface area contributed by atoms with Crippen LogP contribution in [-0.2, 0) is 6.42 Å². The van der Waals surface area contributed by atoms with Gasteiger partial charge in [0.2, 0.25) is 0 Å². The molecule has 0 unspecified atom stereocenters. The molecular formula is C17H25N. The lowest BCUT2D eigenvalue weighted by molar-refractivity contribution is 0.251. The van der Waals surface area contributed by atoms with E-state index in [1.807, 2.05) is 0 Å². The lowest BCUT2D eigenvalue weighted by Gasteiger charge is -2.24. The monoisotopic (exact) mass is 243 g/mol. The number of hydrogen-bond acceptors (Lipinski definition) is 1. The average Bonchev–Trinajstić information content (AvgIpc) is 2.45. The molecule has 0 saturated carbocycles. The summed E-state index contributed by atoms with van der Waals surface area (Å²) in [5.74, 6) is 0. The number of aryl methyl sites for hydroxylation is 1. The number of likely N-dealkylation sites (tertiary alicyclic amines) is 1. The summed E-state index contributed by atoms with van der Waals surface area (Å²) in [7, 11) is 0. The van der Waals surface area contributed by atoms with E-state index < -0.39 is 0 Å². The van der Waals surface area contributed by atoms with Crippen molar-refractivity contribution >= 4 is 0 Å². The normalized spacial score (nSPS) is 17.3. The Morgan fingerprint density at radius 1 is 0.944 bits per heavy atom. The zero-order valence-electron chi connectivity index (χ0n) is 11.4. The lowest BCUT2D eigenvalue weighted by Crippen LogP contribution is -2.29. The van der Waals surface area contributed by atoms with Gasteiger partial charge in [-0.1, -0.05) is 48.9 Å². The van der Waals surface area contributed by atoms with Gasteiger partial charge in [0.1, 0.15) is 0 Å². The van der Waals surface area contributed by atoms with Crippen LogP contribution in [0, 0.1) is 0 Å². The molecule has 1 saturated heterocycles. The highest BCUT2D eigenvalue weighted by atomic mass is 15.1. The molecule has 1 heteroatoms. The van der Waals surface area contributed by atoms with Crippen LogP contribution in [0.3, 0.4) is 0 Å². The lowest BCUT2D eigenvalue weighted by atomic mass is 10.1. The number of unbranched alkanes of at least 4 members (excludes halogenated alkanes) is 1. The molecule has 0 radical (unpaired) electrons. The number of nitrogens with zero attached hydrogens (tertiary/aromatic N) is 1. The van der Waals surface area contributed by atoms with Crippen LogP contribution in [0.4, 0.5) is 0 Å². The number of piperidine rings is 1. The standard InChI is InChI=1S/C17H25N/c1(5-11-17-12-6-3-7-13-17)2-8-14-18-15-9-4-10-16-18/h2-3,6-8,12-13H,1,4-5,9-11,14-16H2/b8-2+. The Labute approximate surface area is 112 Å². The van der Waals surface area contributed by atoms with Crippen LogP contribution in [0.15, 0.2) is 42.5 Å². The SMILES string of the molecule is C(=C\CN1CCCCC1)/CCCc1ccccc1. The molecule has 2 rings (SSSR count). The van der Waals surface area contributed by atoms with Gasteiger partial charge < -0.3 is 0 Å². The maximum Gasteiger partial charge on any atom is 0.0163 e. The van der Waals surface area contributed by atoms with Gasteiger partial charge in [0, 0.05) is 6.54 Å². The van der Waals surface area contributed by atoms with Crippen molar-refractivity contribution in [2.75, 3.05) is 19.6 Å². The van der Waals surface area contributed by atoms with E-state index in [2.05, 4.69) is 47.4 Å². The van der Waals surface area contributed by atoms with E-state index in [-0.39, 0.29) is 0 Å². The Balaban J connectivity index is 1.55. The van der Waals surface area contributed by atoms with Crippen LogP contribution in [0.2, 0.25) is 0 Å². The predicted molar refractivity (Wildman–Crippen MR) is 78.8 cm³/mol. The van der Waals surface area contributed by atoms with Gasteiger partial charge >= 0.3 is 0 Å². The molecule has 1 heterocycles. The first-order valence-electron chi connectivity index (χ1n) is 7.36. The number of rotatable bonds is 6. The summed E-state index contributed by atoms with van der Waals surface area (Å²) < 4.78 is 0. The molecule has 1 aromatic carbocycles. The second-order valence-electron chi connectivity index (χ2n) is 5.21. The fourth-order valence-electron chi connectivity index (χ4n) is 2.55. The molecule has 0 N–H and O–H groups in total. The third-order valence-electron chi connectivity index (χ3n) is 3.66. The van der Waals surface area contributed by atoms with Crippen LogP contribution in [0.5, 0.6) is 0 Å². The summed E-state index contributed by atoms with van der Waals surface area (Å²) in [5, 5.41) is 0. The highest BCUT2D eigenvalue weighted by Gasteiger charge is 2.06. The quantitative estimate of drug-likeness (QED) is 0.538. The van der Waals surface area contributed by atoms with Crippen molar-refractivity contribution in [3.05, 3.63) is 48.0 Å². The van der Waals surface area contributed by atoms with Crippen LogP contribution in [0.25, 0.3) is 0 Å². The maximum atomic E-state index is 2.57. The van der Waals surface area contributed by atoms with Crippen LogP contribution < -0.4 is 0 Å². The van der Waals surface area contributed by atoms with E-state index in [9.17, 15) is 0 Å². The number of benzene rings is 1. The molecule has 18 heavy (non-hydrogen) atoms. The molecule has 1 aliphatic rings. The first-order valence-corrected chi connectivity index (χ1v) is 7.36. The minimum Gasteiger partial charge on any atom is -0.300 e. The Bertz CT molecular complexity index is 336. The van der Waals surface area contributed by atoms with Crippen molar-refractivity contribution in [1.29, 1.82) is 0 Å². The molecule has 0 bridgehead atoms. The first kappa shape index (κ1) is 13.4. The second kappa shape index (κ2) is 8.10. The topological polar surface area (TPSA) is 3.24 Å². The van der Waals surface area contributed by atoms with Gasteiger partial charge in [-0.05, 0) is 50.8 Å². The first-order chi connectivity index (χ1) is 8.95. The van der Waals surface area contributed by atoms with Gasteiger partial charge in [-0.25, -0.2) is 0 Å². The Hall–Kier alpha value is -1.08. The van der Waals surface area contributed by atoms with E-state index in [1.165, 1.54) is 57.2 Å². The summed E-state index contributed by atoms with van der Waals surface area (Å²) in [6.45, 7) is 3.76. The molecule has 0 spiro atoms. The Morgan fingerprint density at radius 3 is 2.50 bits per heavy atom. The number of hydrogen-bond donors (Lipinski definition) is 0. The highest BCUT2D eigenvalue weighted by molar-refractivity contribution is 5.14. The van der Waals surface area contributed by atoms with Crippen molar-refractivity contribution < 1.29 is 0 Å². The van der Waals surface area contributed by atoms with Gasteiger partial charge in [-0.2, -0.15) is 0 Å². The molecule has 0 aromatic heterocycles. The Morgan fingerprint density at radius 2 is 1.72 bits per heavy atom. The van der Waals surface area contributed by atoms with Crippen LogP contribution in [-0.4, -0.2) is 24.5 Å². The molecule has 0 amide bonds. The van der Waals surface area contributed by atoms with Crippen LogP contribution >= 0.6 is 0 Å². The summed E-state index contributed by atoms with van der Waals surface area (Å²) >= 11 is 0. The zero-order valence-corrected chi connectivity index (χ0v) is 11.4. The van der Waals surface area contributed by atoms with E-state index in [0.29, 0.717) is 0 Å². The fourth-order valence-corrected chi connectivity index (χ4v) is 2.55. The number of allylic oxidation sites excluding steroid dienone is 1. The molecule has 1 fully saturated rings. The third kappa shape index (κ3) is 5.05. The van der Waals surface area contributed by atoms with Crippen molar-refractivity contribution in [2.24, 2.45) is 0 Å². The summed E-state index contributed by atoms with van der Waals surface area (Å²) in [6.07, 6.45) is 12.6. The summed E-state index contributed by atoms with van der Waals surface area (Å²) in [6, 6.07) is 10.8. The van der Waals surface area contributed by atoms with E-state index in [4.69, 9.17) is 0 Å². The molecule has 0 atom stereocenters. The van der Waals surface area contributed by atoms with E-state index >= 15 is 0 Å². The largest absolute Gasteiger partial charge is 0.300 e. The predicted octanol–water partition coefficient (Wildman–Crippen LogP) is 4.05. The molecule has 0 aliphatic carbocycles. The minimum atomic E-state index is 1.16. The minimum absolute atomic E-state index is 1.16. The fraction of sp³-hybridized carbons (Fsp3) is 0.529. The Kier molecular flexibility index (Phi) is 6.01. The molecule has 1 aromatic rings. The molecular weight excluding hydrogens is 218 g/mol. The van der Waals surface area contributed by atoms with Gasteiger partial charge in [0.25, 0.3) is 0 Å². The van der Waals surface area contributed by atoms with Crippen LogP contribution in [0.1, 0.15) is 37.7 Å². The highest BCUT2D eigenvalue weighted by Crippen LogP contribution is 2.08. The zero-order chi connectivity index (χ0) is 12.5. The van der Waals surface area contributed by atoms with Gasteiger partial charge in [-0.15, -0.1) is 0 Å². The summed E-state index contributed by atoms with van der Waals surface area (Å²) in [4.78, 5) is 2.57. The van der Waals surface area contributed by atoms with Crippen molar-refractivity contribution in [3.63, 3.8) is 0 Å². The average molecular weight is 243 g/mol. The van der Waals surface area contributed by atoms with E-state index in [0.717, 1.165) is 6.54 Å². The van der Waals surface area contributed by atoms with Gasteiger partial charge in [-0.3, -0.25) is 4.90 Å². The second-order valence-corrected chi connectivity index (χ2v) is 5.21. The van der Waals surface area contributed by atoms with Crippen molar-refractivity contribution in [1.82, 2.24) is 4.90 Å². The maximum absolute atomic E-state index is 2.57. The molecule has 1 nitrogen and oxygen atoms in total. The molecule has 1 aliphatic heterocycles.